The zero-order valence-corrected chi connectivity index (χ0v) is 23.1. The van der Waals surface area contributed by atoms with Crippen molar-refractivity contribution in [3.05, 3.63) is 17.8 Å². The Labute approximate surface area is 237 Å². The minimum Gasteiger partial charge on any atom is -0.335 e. The van der Waals surface area contributed by atoms with E-state index in [9.17, 15) is 27.6 Å². The van der Waals surface area contributed by atoms with Gasteiger partial charge in [-0.3, -0.25) is 14.5 Å². The third kappa shape index (κ3) is 5.29. The van der Waals surface area contributed by atoms with Gasteiger partial charge in [-0.15, -0.1) is 17.3 Å². The average molecular weight is 590 g/mol. The molecule has 2 aromatic rings. The fourth-order valence-corrected chi connectivity index (χ4v) is 5.71. The second-order valence-electron chi connectivity index (χ2n) is 9.68. The molecule has 5 rings (SSSR count). The van der Waals surface area contributed by atoms with Crippen molar-refractivity contribution in [2.75, 3.05) is 30.4 Å². The standard InChI is InChI=1S/C25H26F3N9O3S/c1-4-5-8-36-22(39)18-19(34(3)24(36)40)31-13-37(18)14(2)20(38)32-17-12-41-21(33-17)15-10-29-23(30-11-15)35-9-6-7-16(35)25(26,27)28/h10-14,16,18-19H,6-9H2,1-3H3,(H,32,38)/t14-,16-,18?,19?/m0/s1. The molecular formula is C25H26F3N9O3S. The number of hydrogen-bond donors (Lipinski definition) is 1. The van der Waals surface area contributed by atoms with Crippen molar-refractivity contribution in [2.45, 2.75) is 57.2 Å². The Morgan fingerprint density at radius 3 is 2.68 bits per heavy atom. The number of fused-ring (bicyclic) bond motifs is 1. The largest absolute Gasteiger partial charge is 0.408 e. The van der Waals surface area contributed by atoms with Crippen LogP contribution in [0.2, 0.25) is 0 Å². The summed E-state index contributed by atoms with van der Waals surface area (Å²) in [6, 6.07) is -3.84. The predicted octanol–water partition coefficient (Wildman–Crippen LogP) is 2.41. The van der Waals surface area contributed by atoms with Crippen LogP contribution in [0.15, 0.2) is 22.8 Å². The molecule has 12 nitrogen and oxygen atoms in total. The topological polar surface area (TPSA) is 127 Å². The molecule has 41 heavy (non-hydrogen) atoms. The van der Waals surface area contributed by atoms with Gasteiger partial charge in [-0.25, -0.2) is 24.7 Å². The number of rotatable bonds is 6. The lowest BCUT2D eigenvalue weighted by Crippen LogP contribution is -2.66. The molecule has 16 heteroatoms. The maximum atomic E-state index is 13.3. The fourth-order valence-electron chi connectivity index (χ4n) is 4.98. The Bertz CT molecular complexity index is 1440. The molecule has 5 heterocycles. The molecular weight excluding hydrogens is 563 g/mol. The summed E-state index contributed by atoms with van der Waals surface area (Å²) in [7, 11) is 1.54. The lowest BCUT2D eigenvalue weighted by molar-refractivity contribution is -0.146. The van der Waals surface area contributed by atoms with E-state index < -0.39 is 48.3 Å². The third-order valence-corrected chi connectivity index (χ3v) is 8.06. The van der Waals surface area contributed by atoms with Gasteiger partial charge in [0.2, 0.25) is 11.9 Å². The van der Waals surface area contributed by atoms with Crippen molar-refractivity contribution in [1.82, 2.24) is 29.7 Å². The molecule has 4 atom stereocenters. The number of likely N-dealkylation sites (N-methyl/N-ethyl adjacent to an activating group) is 1. The fraction of sp³-hybridized carbons (Fsp3) is 0.480. The highest BCUT2D eigenvalue weighted by molar-refractivity contribution is 7.13. The van der Waals surface area contributed by atoms with Crippen LogP contribution in [0.1, 0.15) is 26.7 Å². The average Bonchev–Trinajstić information content (AvgIpc) is 3.71. The van der Waals surface area contributed by atoms with E-state index in [1.807, 2.05) is 0 Å². The second-order valence-corrected chi connectivity index (χ2v) is 10.5. The molecule has 0 radical (unpaired) electrons. The minimum atomic E-state index is -4.36. The van der Waals surface area contributed by atoms with Crippen LogP contribution < -0.4 is 10.2 Å². The minimum absolute atomic E-state index is 0.00203. The van der Waals surface area contributed by atoms with Gasteiger partial charge in [0.25, 0.3) is 5.91 Å². The van der Waals surface area contributed by atoms with Crippen molar-refractivity contribution < 1.29 is 27.6 Å². The number of urea groups is 1. The van der Waals surface area contributed by atoms with Gasteiger partial charge in [-0.2, -0.15) is 13.2 Å². The summed E-state index contributed by atoms with van der Waals surface area (Å²) in [5.41, 5.74) is 0.486. The van der Waals surface area contributed by atoms with Gasteiger partial charge in [0.05, 0.1) is 12.9 Å². The number of halogens is 3. The highest BCUT2D eigenvalue weighted by Gasteiger charge is 2.51. The molecule has 3 aliphatic heterocycles. The van der Waals surface area contributed by atoms with Crippen LogP contribution in [-0.2, 0) is 9.59 Å². The summed E-state index contributed by atoms with van der Waals surface area (Å²) >= 11 is 1.20. The van der Waals surface area contributed by atoms with Crippen LogP contribution in [0.4, 0.5) is 29.7 Å². The zero-order valence-electron chi connectivity index (χ0n) is 22.3. The summed E-state index contributed by atoms with van der Waals surface area (Å²) in [6.07, 6.45) is -0.514. The Hall–Kier alpha value is -4.26. The van der Waals surface area contributed by atoms with E-state index in [0.29, 0.717) is 17.0 Å². The number of imide groups is 1. The van der Waals surface area contributed by atoms with Gasteiger partial charge in [0, 0.05) is 36.9 Å². The Morgan fingerprint density at radius 2 is 2.00 bits per heavy atom. The van der Waals surface area contributed by atoms with E-state index in [0.717, 1.165) is 9.80 Å². The molecule has 1 N–H and O–H groups in total. The first-order chi connectivity index (χ1) is 19.5. The number of hydrogen-bond acceptors (Lipinski definition) is 10. The monoisotopic (exact) mass is 589 g/mol. The van der Waals surface area contributed by atoms with Crippen LogP contribution in [0.25, 0.3) is 10.6 Å². The quantitative estimate of drug-likeness (QED) is 0.509. The maximum Gasteiger partial charge on any atom is 0.408 e. The number of thiazole rings is 1. The van der Waals surface area contributed by atoms with Crippen LogP contribution in [0, 0.1) is 11.8 Å². The number of carbonyl (C=O) groups is 3. The van der Waals surface area contributed by atoms with E-state index in [4.69, 9.17) is 0 Å². The molecule has 2 unspecified atom stereocenters. The molecule has 0 aliphatic carbocycles. The second kappa shape index (κ2) is 11.0. The molecule has 216 valence electrons. The molecule has 0 bridgehead atoms. The first-order valence-corrected chi connectivity index (χ1v) is 13.6. The van der Waals surface area contributed by atoms with E-state index >= 15 is 0 Å². The van der Waals surface area contributed by atoms with Crippen molar-refractivity contribution in [1.29, 1.82) is 0 Å². The molecule has 0 spiro atoms. The summed E-state index contributed by atoms with van der Waals surface area (Å²) in [5, 5.41) is 4.79. The lowest BCUT2D eigenvalue weighted by Gasteiger charge is -2.41. The number of nitrogens with one attached hydrogen (secondary N) is 1. The maximum absolute atomic E-state index is 13.3. The Kier molecular flexibility index (Phi) is 7.56. The van der Waals surface area contributed by atoms with Gasteiger partial charge < -0.3 is 20.0 Å². The summed E-state index contributed by atoms with van der Waals surface area (Å²) < 4.78 is 39.9. The van der Waals surface area contributed by atoms with Crippen molar-refractivity contribution in [2.24, 2.45) is 4.99 Å². The lowest BCUT2D eigenvalue weighted by atomic mass is 10.1. The van der Waals surface area contributed by atoms with E-state index in [-0.39, 0.29) is 31.3 Å². The number of nitrogens with zero attached hydrogens (tertiary/aromatic N) is 8. The normalized spacial score (nSPS) is 23.0. The molecule has 0 aromatic carbocycles. The molecule has 2 saturated heterocycles. The number of aliphatic imine (C=N–C) groups is 1. The molecule has 0 saturated carbocycles. The van der Waals surface area contributed by atoms with Gasteiger partial charge >= 0.3 is 12.2 Å². The number of aromatic nitrogens is 3. The SMILES string of the molecule is CC#CCN1C(=O)C2C(N=CN2[C@@H](C)C(=O)Nc2csc(-c3cnc(N4CCC[C@H]4C(F)(F)F)nc3)n2)N(C)C1=O. The molecule has 2 aromatic heterocycles. The smallest absolute Gasteiger partial charge is 0.335 e. The van der Waals surface area contributed by atoms with Gasteiger partial charge in [-0.1, -0.05) is 5.92 Å². The van der Waals surface area contributed by atoms with Crippen molar-refractivity contribution in [3.63, 3.8) is 0 Å². The summed E-state index contributed by atoms with van der Waals surface area (Å²) in [6.45, 7) is 3.37. The predicted molar refractivity (Wildman–Crippen MR) is 144 cm³/mol. The molecule has 4 amide bonds. The third-order valence-electron chi connectivity index (χ3n) is 7.17. The Balaban J connectivity index is 1.25. The first kappa shape index (κ1) is 28.3. The van der Waals surface area contributed by atoms with Crippen LogP contribution in [0.5, 0.6) is 0 Å². The van der Waals surface area contributed by atoms with E-state index in [2.05, 4.69) is 37.1 Å². The van der Waals surface area contributed by atoms with E-state index in [1.54, 1.807) is 19.2 Å². The van der Waals surface area contributed by atoms with Crippen LogP contribution in [0.3, 0.4) is 0 Å². The first-order valence-electron chi connectivity index (χ1n) is 12.7. The molecule has 3 aliphatic rings. The van der Waals surface area contributed by atoms with Gasteiger partial charge in [0.15, 0.2) is 12.2 Å². The van der Waals surface area contributed by atoms with Gasteiger partial charge in [-0.05, 0) is 26.7 Å². The summed E-state index contributed by atoms with van der Waals surface area (Å²) in [5.74, 6) is 4.69. The summed E-state index contributed by atoms with van der Waals surface area (Å²) in [4.78, 5) is 60.9. The number of carbonyl (C=O) groups excluding carboxylic acids is 3. The zero-order chi connectivity index (χ0) is 29.5. The number of anilines is 2. The van der Waals surface area contributed by atoms with E-state index in [1.165, 1.54) is 46.9 Å². The van der Waals surface area contributed by atoms with Crippen LogP contribution in [-0.4, -0.2) is 104 Å². The van der Waals surface area contributed by atoms with Crippen molar-refractivity contribution >= 4 is 47.3 Å². The van der Waals surface area contributed by atoms with Crippen molar-refractivity contribution in [3.8, 4) is 22.4 Å². The highest BCUT2D eigenvalue weighted by Crippen LogP contribution is 2.35. The molecule has 2 fully saturated rings. The number of amides is 4. The van der Waals surface area contributed by atoms with Crippen LogP contribution >= 0.6 is 11.3 Å². The highest BCUT2D eigenvalue weighted by atomic mass is 32.1. The Morgan fingerprint density at radius 1 is 1.27 bits per heavy atom. The van der Waals surface area contributed by atoms with Gasteiger partial charge in [0.1, 0.15) is 22.9 Å². The number of alkyl halides is 3.